The van der Waals surface area contributed by atoms with Gasteiger partial charge >= 0.3 is 0 Å². The number of Topliss-reactive ketones (excluding diaryl/α,β-unsaturated/α-hetero) is 1. The number of rotatable bonds is 3. The number of hydrogen-bond acceptors (Lipinski definition) is 3. The summed E-state index contributed by atoms with van der Waals surface area (Å²) < 4.78 is 8.29. The van der Waals surface area contributed by atoms with Gasteiger partial charge < -0.3 is 4.42 Å². The van der Waals surface area contributed by atoms with Crippen LogP contribution < -0.4 is 0 Å². The lowest BCUT2D eigenvalue weighted by atomic mass is 9.75. The first kappa shape index (κ1) is 17.0. The minimum Gasteiger partial charge on any atom is -0.460 e. The molecule has 0 fully saturated rings. The van der Waals surface area contributed by atoms with E-state index in [0.717, 1.165) is 45.5 Å². The first-order valence-corrected chi connectivity index (χ1v) is 9.65. The number of carbonyl (C=O) groups excluding carboxylic acids is 1. The summed E-state index contributed by atoms with van der Waals surface area (Å²) in [6.07, 6.45) is 3.18. The van der Waals surface area contributed by atoms with Crippen molar-refractivity contribution in [3.63, 3.8) is 0 Å². The SMILES string of the molecule is CC1(C)CC(=O)c2c(oc(-c3ccccc3)c2Cn2ncc3ccccc32)C1. The van der Waals surface area contributed by atoms with Gasteiger partial charge in [0.1, 0.15) is 11.5 Å². The molecule has 0 N–H and O–H groups in total. The number of benzene rings is 2. The largest absolute Gasteiger partial charge is 0.460 e. The van der Waals surface area contributed by atoms with Crippen LogP contribution >= 0.6 is 0 Å². The monoisotopic (exact) mass is 370 g/mol. The number of fused-ring (bicyclic) bond motifs is 2. The van der Waals surface area contributed by atoms with Gasteiger partial charge in [0.15, 0.2) is 5.78 Å². The highest BCUT2D eigenvalue weighted by atomic mass is 16.3. The molecule has 0 aliphatic heterocycles. The zero-order valence-electron chi connectivity index (χ0n) is 16.1. The molecule has 4 heteroatoms. The number of hydrogen-bond donors (Lipinski definition) is 0. The molecular formula is C24H22N2O2. The van der Waals surface area contributed by atoms with Crippen LogP contribution in [0.5, 0.6) is 0 Å². The molecule has 0 atom stereocenters. The topological polar surface area (TPSA) is 48.0 Å². The third kappa shape index (κ3) is 2.76. The van der Waals surface area contributed by atoms with E-state index in [-0.39, 0.29) is 11.2 Å². The Bertz CT molecular complexity index is 1180. The van der Waals surface area contributed by atoms with Gasteiger partial charge in [0.25, 0.3) is 0 Å². The van der Waals surface area contributed by atoms with Crippen LogP contribution in [0.25, 0.3) is 22.2 Å². The van der Waals surface area contributed by atoms with Crippen LogP contribution in [-0.2, 0) is 13.0 Å². The van der Waals surface area contributed by atoms with Gasteiger partial charge in [-0.05, 0) is 11.5 Å². The maximum absolute atomic E-state index is 13.1. The van der Waals surface area contributed by atoms with Crippen molar-refractivity contribution in [2.75, 3.05) is 0 Å². The Morgan fingerprint density at radius 3 is 2.61 bits per heavy atom. The average molecular weight is 370 g/mol. The lowest BCUT2D eigenvalue weighted by molar-refractivity contribution is 0.0903. The summed E-state index contributed by atoms with van der Waals surface area (Å²) in [6.45, 7) is 4.77. The van der Waals surface area contributed by atoms with Gasteiger partial charge in [-0.15, -0.1) is 0 Å². The zero-order chi connectivity index (χ0) is 19.3. The van der Waals surface area contributed by atoms with Gasteiger partial charge in [-0.2, -0.15) is 5.10 Å². The molecule has 0 spiro atoms. The van der Waals surface area contributed by atoms with Crippen molar-refractivity contribution in [1.82, 2.24) is 9.78 Å². The van der Waals surface area contributed by atoms with Crippen LogP contribution in [0.1, 0.15) is 41.9 Å². The van der Waals surface area contributed by atoms with Gasteiger partial charge in [0.2, 0.25) is 0 Å². The maximum atomic E-state index is 13.1. The van der Waals surface area contributed by atoms with Crippen molar-refractivity contribution in [3.05, 3.63) is 77.7 Å². The lowest BCUT2D eigenvalue weighted by Crippen LogP contribution is -2.26. The molecule has 5 rings (SSSR count). The summed E-state index contributed by atoms with van der Waals surface area (Å²) in [5.74, 6) is 1.77. The second-order valence-corrected chi connectivity index (χ2v) is 8.38. The summed E-state index contributed by atoms with van der Waals surface area (Å²) in [7, 11) is 0. The third-order valence-electron chi connectivity index (χ3n) is 5.53. The summed E-state index contributed by atoms with van der Waals surface area (Å²) >= 11 is 0. The highest BCUT2D eigenvalue weighted by Crippen LogP contribution is 2.42. The molecule has 2 heterocycles. The molecule has 140 valence electrons. The Labute approximate surface area is 163 Å². The highest BCUT2D eigenvalue weighted by Gasteiger charge is 2.37. The van der Waals surface area contributed by atoms with Gasteiger partial charge in [0, 0.05) is 29.4 Å². The number of para-hydroxylation sites is 1. The Morgan fingerprint density at radius 2 is 1.79 bits per heavy atom. The van der Waals surface area contributed by atoms with Gasteiger partial charge in [-0.25, -0.2) is 0 Å². The first-order valence-electron chi connectivity index (χ1n) is 9.65. The summed E-state index contributed by atoms with van der Waals surface area (Å²) in [6, 6.07) is 18.2. The van der Waals surface area contributed by atoms with E-state index in [1.54, 1.807) is 0 Å². The molecule has 1 aliphatic rings. The molecule has 4 aromatic rings. The first-order chi connectivity index (χ1) is 13.5. The minimum atomic E-state index is -0.0778. The molecule has 2 aromatic carbocycles. The van der Waals surface area contributed by atoms with Crippen molar-refractivity contribution in [2.24, 2.45) is 5.41 Å². The molecule has 4 nitrogen and oxygen atoms in total. The van der Waals surface area contributed by atoms with E-state index >= 15 is 0 Å². The third-order valence-corrected chi connectivity index (χ3v) is 5.53. The van der Waals surface area contributed by atoms with E-state index in [9.17, 15) is 4.79 Å². The van der Waals surface area contributed by atoms with Crippen LogP contribution in [0.15, 0.2) is 65.2 Å². The van der Waals surface area contributed by atoms with Crippen LogP contribution in [0, 0.1) is 5.41 Å². The van der Waals surface area contributed by atoms with Crippen LogP contribution in [0.3, 0.4) is 0 Å². The quantitative estimate of drug-likeness (QED) is 0.478. The van der Waals surface area contributed by atoms with E-state index in [0.29, 0.717) is 13.0 Å². The normalized spacial score (nSPS) is 15.7. The maximum Gasteiger partial charge on any atom is 0.167 e. The van der Waals surface area contributed by atoms with E-state index in [4.69, 9.17) is 4.42 Å². The van der Waals surface area contributed by atoms with E-state index in [1.807, 2.05) is 53.3 Å². The molecule has 0 unspecified atom stereocenters. The average Bonchev–Trinajstić information content (AvgIpc) is 3.24. The Kier molecular flexibility index (Phi) is 3.76. The Balaban J connectivity index is 1.69. The molecule has 0 saturated carbocycles. The van der Waals surface area contributed by atoms with Crippen LogP contribution in [0.4, 0.5) is 0 Å². The van der Waals surface area contributed by atoms with E-state index in [1.165, 1.54) is 0 Å². The zero-order valence-corrected chi connectivity index (χ0v) is 16.1. The van der Waals surface area contributed by atoms with Crippen molar-refractivity contribution >= 4 is 16.7 Å². The fourth-order valence-corrected chi connectivity index (χ4v) is 4.26. The van der Waals surface area contributed by atoms with Gasteiger partial charge in [-0.3, -0.25) is 9.48 Å². The molecule has 2 aromatic heterocycles. The smallest absolute Gasteiger partial charge is 0.167 e. The molecule has 0 amide bonds. The van der Waals surface area contributed by atoms with Crippen molar-refractivity contribution in [1.29, 1.82) is 0 Å². The van der Waals surface area contributed by atoms with E-state index < -0.39 is 0 Å². The summed E-state index contributed by atoms with van der Waals surface area (Å²) in [5.41, 5.74) is 3.67. The second kappa shape index (κ2) is 6.20. The predicted octanol–water partition coefficient (Wildman–Crippen LogP) is 5.50. The number of furan rings is 1. The van der Waals surface area contributed by atoms with Crippen LogP contribution in [-0.4, -0.2) is 15.6 Å². The lowest BCUT2D eigenvalue weighted by Gasteiger charge is -2.27. The van der Waals surface area contributed by atoms with E-state index in [2.05, 4.69) is 31.1 Å². The van der Waals surface area contributed by atoms with Gasteiger partial charge in [0.05, 0.1) is 23.8 Å². The van der Waals surface area contributed by atoms with Gasteiger partial charge in [-0.1, -0.05) is 62.4 Å². The van der Waals surface area contributed by atoms with Crippen molar-refractivity contribution < 1.29 is 9.21 Å². The van der Waals surface area contributed by atoms with Crippen LogP contribution in [0.2, 0.25) is 0 Å². The number of carbonyl (C=O) groups is 1. The molecule has 0 saturated heterocycles. The standard InChI is InChI=1S/C24H22N2O2/c1-24(2)12-20(27)22-18(15-26-19-11-7-6-10-17(19)14-25-26)23(28-21(22)13-24)16-8-4-3-5-9-16/h3-11,14H,12-13,15H2,1-2H3. The summed E-state index contributed by atoms with van der Waals surface area (Å²) in [5, 5.41) is 5.66. The number of aromatic nitrogens is 2. The Morgan fingerprint density at radius 1 is 1.04 bits per heavy atom. The highest BCUT2D eigenvalue weighted by molar-refractivity contribution is 6.01. The molecule has 0 radical (unpaired) electrons. The fraction of sp³-hybridized carbons (Fsp3) is 0.250. The van der Waals surface area contributed by atoms with Crippen molar-refractivity contribution in [3.8, 4) is 11.3 Å². The van der Waals surface area contributed by atoms with Crippen molar-refractivity contribution in [2.45, 2.75) is 33.2 Å². The number of nitrogens with zero attached hydrogens (tertiary/aromatic N) is 2. The predicted molar refractivity (Wildman–Crippen MR) is 109 cm³/mol. The fourth-order valence-electron chi connectivity index (χ4n) is 4.26. The summed E-state index contributed by atoms with van der Waals surface area (Å²) in [4.78, 5) is 13.1. The Hall–Kier alpha value is -3.14. The molecule has 0 bridgehead atoms. The molecule has 28 heavy (non-hydrogen) atoms. The molecular weight excluding hydrogens is 348 g/mol. The second-order valence-electron chi connectivity index (χ2n) is 8.38. The minimum absolute atomic E-state index is 0.0778. The number of ketones is 1. The molecule has 1 aliphatic carbocycles.